The van der Waals surface area contributed by atoms with Gasteiger partial charge in [0.25, 0.3) is 0 Å². The molecule has 0 unspecified atom stereocenters. The summed E-state index contributed by atoms with van der Waals surface area (Å²) >= 11 is 0. The van der Waals surface area contributed by atoms with E-state index in [0.717, 1.165) is 32.7 Å². The lowest BCUT2D eigenvalue weighted by molar-refractivity contribution is 0.0696. The number of aromatic carboxylic acids is 1. The number of hydrogen-bond acceptors (Lipinski definition) is 4. The zero-order chi connectivity index (χ0) is 14.4. The van der Waals surface area contributed by atoms with Gasteiger partial charge in [0.05, 0.1) is 5.56 Å². The van der Waals surface area contributed by atoms with Crippen LogP contribution in [0.2, 0.25) is 0 Å². The summed E-state index contributed by atoms with van der Waals surface area (Å²) in [5, 5.41) is 8.93. The number of carbonyl (C=O) groups is 1. The fourth-order valence-electron chi connectivity index (χ4n) is 2.34. The first-order valence-electron chi connectivity index (χ1n) is 7.02. The number of likely N-dealkylation sites (N-methyl/N-ethyl adjacent to an activating group) is 1. The molecular weight excluding hydrogens is 256 g/mol. The van der Waals surface area contributed by atoms with E-state index >= 15 is 0 Å². The second-order valence-corrected chi connectivity index (χ2v) is 5.18. The molecule has 0 spiro atoms. The SMILES string of the molecule is CN1CCCN(CCOc2cccc(C(=O)O)c2)CC1. The van der Waals surface area contributed by atoms with Crippen molar-refractivity contribution in [2.24, 2.45) is 0 Å². The van der Waals surface area contributed by atoms with Crippen LogP contribution in [0, 0.1) is 0 Å². The Balaban J connectivity index is 1.78. The third kappa shape index (κ3) is 4.51. The van der Waals surface area contributed by atoms with Gasteiger partial charge in [-0.15, -0.1) is 0 Å². The molecule has 1 aliphatic rings. The molecule has 5 heteroatoms. The van der Waals surface area contributed by atoms with Crippen molar-refractivity contribution in [2.45, 2.75) is 6.42 Å². The van der Waals surface area contributed by atoms with E-state index in [0.29, 0.717) is 12.4 Å². The van der Waals surface area contributed by atoms with E-state index in [4.69, 9.17) is 9.84 Å². The summed E-state index contributed by atoms with van der Waals surface area (Å²) in [6, 6.07) is 6.64. The molecule has 110 valence electrons. The van der Waals surface area contributed by atoms with Gasteiger partial charge in [-0.1, -0.05) is 6.07 Å². The predicted octanol–water partition coefficient (Wildman–Crippen LogP) is 1.40. The highest BCUT2D eigenvalue weighted by molar-refractivity contribution is 5.87. The van der Waals surface area contributed by atoms with Crippen molar-refractivity contribution in [3.8, 4) is 5.75 Å². The molecule has 1 N–H and O–H groups in total. The van der Waals surface area contributed by atoms with Crippen molar-refractivity contribution in [2.75, 3.05) is 46.4 Å². The van der Waals surface area contributed by atoms with Gasteiger partial charge < -0.3 is 14.7 Å². The molecule has 1 aliphatic heterocycles. The number of ether oxygens (including phenoxy) is 1. The highest BCUT2D eigenvalue weighted by atomic mass is 16.5. The van der Waals surface area contributed by atoms with Gasteiger partial charge in [-0.3, -0.25) is 4.90 Å². The van der Waals surface area contributed by atoms with E-state index in [2.05, 4.69) is 16.8 Å². The first-order valence-corrected chi connectivity index (χ1v) is 7.02. The van der Waals surface area contributed by atoms with Gasteiger partial charge in [-0.2, -0.15) is 0 Å². The average Bonchev–Trinajstić information content (AvgIpc) is 2.64. The number of hydrogen-bond donors (Lipinski definition) is 1. The van der Waals surface area contributed by atoms with E-state index in [9.17, 15) is 4.79 Å². The molecule has 0 amide bonds. The smallest absolute Gasteiger partial charge is 0.335 e. The van der Waals surface area contributed by atoms with Gasteiger partial charge in [0.1, 0.15) is 12.4 Å². The molecule has 0 saturated carbocycles. The maximum absolute atomic E-state index is 10.9. The molecule has 5 nitrogen and oxygen atoms in total. The summed E-state index contributed by atoms with van der Waals surface area (Å²) < 4.78 is 5.65. The number of rotatable bonds is 5. The Morgan fingerprint density at radius 1 is 1.30 bits per heavy atom. The number of carboxylic acid groups (broad SMARTS) is 1. The van der Waals surface area contributed by atoms with Crippen molar-refractivity contribution in [3.63, 3.8) is 0 Å². The van der Waals surface area contributed by atoms with Gasteiger partial charge in [-0.05, 0) is 44.8 Å². The molecule has 1 aromatic rings. The van der Waals surface area contributed by atoms with Gasteiger partial charge in [0.15, 0.2) is 0 Å². The maximum Gasteiger partial charge on any atom is 0.335 e. The highest BCUT2D eigenvalue weighted by Crippen LogP contribution is 2.13. The van der Waals surface area contributed by atoms with E-state index < -0.39 is 5.97 Å². The molecule has 0 aliphatic carbocycles. The van der Waals surface area contributed by atoms with Crippen LogP contribution < -0.4 is 4.74 Å². The Hall–Kier alpha value is -1.59. The van der Waals surface area contributed by atoms with Crippen molar-refractivity contribution in [3.05, 3.63) is 29.8 Å². The van der Waals surface area contributed by atoms with Crippen LogP contribution in [0.15, 0.2) is 24.3 Å². The monoisotopic (exact) mass is 278 g/mol. The Labute approximate surface area is 119 Å². The molecule has 0 bridgehead atoms. The normalized spacial score (nSPS) is 17.6. The molecule has 20 heavy (non-hydrogen) atoms. The van der Waals surface area contributed by atoms with Gasteiger partial charge >= 0.3 is 5.97 Å². The summed E-state index contributed by atoms with van der Waals surface area (Å²) in [7, 11) is 2.15. The third-order valence-electron chi connectivity index (χ3n) is 3.57. The first kappa shape index (κ1) is 14.8. The van der Waals surface area contributed by atoms with Gasteiger partial charge in [0, 0.05) is 19.6 Å². The van der Waals surface area contributed by atoms with Gasteiger partial charge in [0.2, 0.25) is 0 Å². The molecule has 1 saturated heterocycles. The quantitative estimate of drug-likeness (QED) is 0.882. The van der Waals surface area contributed by atoms with Crippen LogP contribution in [0.25, 0.3) is 0 Å². The standard InChI is InChI=1S/C15H22N2O3/c1-16-6-3-7-17(9-8-16)10-11-20-14-5-2-4-13(12-14)15(18)19/h2,4-5,12H,3,6-11H2,1H3,(H,18,19). The first-order chi connectivity index (χ1) is 9.65. The zero-order valence-corrected chi connectivity index (χ0v) is 11.9. The summed E-state index contributed by atoms with van der Waals surface area (Å²) in [6.45, 7) is 5.88. The third-order valence-corrected chi connectivity index (χ3v) is 3.57. The summed E-state index contributed by atoms with van der Waals surface area (Å²) in [6.07, 6.45) is 1.19. The van der Waals surface area contributed by atoms with E-state index in [1.165, 1.54) is 6.42 Å². The minimum absolute atomic E-state index is 0.263. The van der Waals surface area contributed by atoms with Crippen LogP contribution in [0.1, 0.15) is 16.8 Å². The van der Waals surface area contributed by atoms with Crippen molar-refractivity contribution in [1.29, 1.82) is 0 Å². The largest absolute Gasteiger partial charge is 0.492 e. The van der Waals surface area contributed by atoms with Crippen molar-refractivity contribution in [1.82, 2.24) is 9.80 Å². The molecule has 0 atom stereocenters. The predicted molar refractivity (Wildman–Crippen MR) is 77.5 cm³/mol. The number of nitrogens with zero attached hydrogens (tertiary/aromatic N) is 2. The van der Waals surface area contributed by atoms with Crippen LogP contribution in [0.5, 0.6) is 5.75 Å². The fourth-order valence-corrected chi connectivity index (χ4v) is 2.34. The van der Waals surface area contributed by atoms with Crippen molar-refractivity contribution < 1.29 is 14.6 Å². The Bertz CT molecular complexity index is 450. The molecule has 0 aromatic heterocycles. The second kappa shape index (κ2) is 7.26. The van der Waals surface area contributed by atoms with Crippen LogP contribution >= 0.6 is 0 Å². The summed E-state index contributed by atoms with van der Waals surface area (Å²) in [4.78, 5) is 15.6. The lowest BCUT2D eigenvalue weighted by Crippen LogP contribution is -2.32. The summed E-state index contributed by atoms with van der Waals surface area (Å²) in [5.41, 5.74) is 0.263. The highest BCUT2D eigenvalue weighted by Gasteiger charge is 2.11. The molecule has 1 heterocycles. The topological polar surface area (TPSA) is 53.0 Å². The molecule has 2 rings (SSSR count). The van der Waals surface area contributed by atoms with Gasteiger partial charge in [-0.25, -0.2) is 4.79 Å². The Kier molecular flexibility index (Phi) is 5.38. The number of benzene rings is 1. The van der Waals surface area contributed by atoms with E-state index in [1.54, 1.807) is 24.3 Å². The van der Waals surface area contributed by atoms with Crippen LogP contribution in [0.4, 0.5) is 0 Å². The molecule has 1 aromatic carbocycles. The Morgan fingerprint density at radius 2 is 2.15 bits per heavy atom. The van der Waals surface area contributed by atoms with Crippen molar-refractivity contribution >= 4 is 5.97 Å². The average molecular weight is 278 g/mol. The lowest BCUT2D eigenvalue weighted by Gasteiger charge is -2.20. The second-order valence-electron chi connectivity index (χ2n) is 5.18. The summed E-state index contributed by atoms with van der Waals surface area (Å²) in [5.74, 6) is -0.303. The zero-order valence-electron chi connectivity index (χ0n) is 11.9. The molecular formula is C15H22N2O3. The Morgan fingerprint density at radius 3 is 2.95 bits per heavy atom. The lowest BCUT2D eigenvalue weighted by atomic mass is 10.2. The molecule has 0 radical (unpaired) electrons. The maximum atomic E-state index is 10.9. The van der Waals surface area contributed by atoms with Crippen LogP contribution in [-0.2, 0) is 0 Å². The van der Waals surface area contributed by atoms with E-state index in [-0.39, 0.29) is 5.56 Å². The minimum atomic E-state index is -0.925. The fraction of sp³-hybridized carbons (Fsp3) is 0.533. The van der Waals surface area contributed by atoms with E-state index in [1.807, 2.05) is 0 Å². The molecule has 1 fully saturated rings. The van der Waals surface area contributed by atoms with Crippen LogP contribution in [-0.4, -0.2) is 67.3 Å². The van der Waals surface area contributed by atoms with Crippen LogP contribution in [0.3, 0.4) is 0 Å². The number of carboxylic acids is 1. The minimum Gasteiger partial charge on any atom is -0.492 e.